The first-order valence-corrected chi connectivity index (χ1v) is 4.20. The zero-order valence-corrected chi connectivity index (χ0v) is 7.11. The van der Waals surface area contributed by atoms with Crippen LogP contribution < -0.4 is 0 Å². The highest BCUT2D eigenvalue weighted by Crippen LogP contribution is 2.34. The number of likely N-dealkylation sites (tertiary alicyclic amines) is 1. The van der Waals surface area contributed by atoms with Gasteiger partial charge in [0.15, 0.2) is 0 Å². The Morgan fingerprint density at radius 3 is 2.36 bits per heavy atom. The van der Waals surface area contributed by atoms with Crippen LogP contribution in [0.25, 0.3) is 0 Å². The minimum atomic E-state index is -2.44. The second-order valence-corrected chi connectivity index (χ2v) is 3.19. The Morgan fingerprint density at radius 2 is 2.09 bits per heavy atom. The zero-order valence-electron chi connectivity index (χ0n) is 7.11. The molecular weight excluding hydrogens is 148 g/mol. The monoisotopic (exact) mass is 163 g/mol. The molecule has 1 fully saturated rings. The summed E-state index contributed by atoms with van der Waals surface area (Å²) in [4.78, 5) is 1.81. The van der Waals surface area contributed by atoms with Gasteiger partial charge in [0.2, 0.25) is 0 Å². The normalized spacial score (nSPS) is 31.1. The van der Waals surface area contributed by atoms with Crippen LogP contribution in [0.3, 0.4) is 0 Å². The van der Waals surface area contributed by atoms with E-state index in [0.717, 1.165) is 6.54 Å². The van der Waals surface area contributed by atoms with Crippen molar-refractivity contribution in [2.75, 3.05) is 19.6 Å². The summed E-state index contributed by atoms with van der Waals surface area (Å²) in [5, 5.41) is 0. The molecule has 11 heavy (non-hydrogen) atoms. The van der Waals surface area contributed by atoms with Gasteiger partial charge >= 0.3 is 0 Å². The van der Waals surface area contributed by atoms with Crippen molar-refractivity contribution in [3.63, 3.8) is 0 Å². The topological polar surface area (TPSA) is 3.24 Å². The molecule has 1 unspecified atom stereocenters. The highest BCUT2D eigenvalue weighted by atomic mass is 19.3. The number of hydrogen-bond acceptors (Lipinski definition) is 1. The van der Waals surface area contributed by atoms with Crippen molar-refractivity contribution in [1.82, 2.24) is 4.90 Å². The standard InChI is InChI=1S/C8H15F2N/c1-3-7-5-11(4-2)6-8(7,9)10/h7H,3-6H2,1-2H3. The van der Waals surface area contributed by atoms with E-state index in [1.807, 2.05) is 18.7 Å². The van der Waals surface area contributed by atoms with Gasteiger partial charge in [-0.1, -0.05) is 13.8 Å². The summed E-state index contributed by atoms with van der Waals surface area (Å²) in [5.74, 6) is -2.85. The Hall–Kier alpha value is -0.180. The Labute approximate surface area is 66.4 Å². The van der Waals surface area contributed by atoms with Gasteiger partial charge in [-0.05, 0) is 13.0 Å². The van der Waals surface area contributed by atoms with Crippen LogP contribution in [-0.2, 0) is 0 Å². The fraction of sp³-hybridized carbons (Fsp3) is 1.00. The maximum absolute atomic E-state index is 13.0. The van der Waals surface area contributed by atoms with Gasteiger partial charge in [-0.3, -0.25) is 4.90 Å². The number of halogens is 2. The maximum Gasteiger partial charge on any atom is 0.264 e. The first-order chi connectivity index (χ1) is 5.10. The molecule has 0 aromatic carbocycles. The van der Waals surface area contributed by atoms with E-state index in [1.165, 1.54) is 0 Å². The van der Waals surface area contributed by atoms with E-state index in [4.69, 9.17) is 0 Å². The van der Waals surface area contributed by atoms with Gasteiger partial charge in [0.1, 0.15) is 0 Å². The second-order valence-electron chi connectivity index (χ2n) is 3.19. The van der Waals surface area contributed by atoms with Gasteiger partial charge in [0, 0.05) is 12.5 Å². The molecule has 0 saturated carbocycles. The van der Waals surface area contributed by atoms with Crippen LogP contribution in [0.5, 0.6) is 0 Å². The molecule has 0 spiro atoms. The molecule has 1 aliphatic heterocycles. The summed E-state index contributed by atoms with van der Waals surface area (Å²) in [6, 6.07) is 0. The smallest absolute Gasteiger partial charge is 0.264 e. The average molecular weight is 163 g/mol. The summed E-state index contributed by atoms with van der Waals surface area (Å²) in [6.45, 7) is 5.03. The average Bonchev–Trinajstić information content (AvgIpc) is 2.24. The van der Waals surface area contributed by atoms with Gasteiger partial charge in [0.25, 0.3) is 5.92 Å². The molecule has 0 bridgehead atoms. The Bertz CT molecular complexity index is 136. The molecule has 1 heterocycles. The quantitative estimate of drug-likeness (QED) is 0.601. The lowest BCUT2D eigenvalue weighted by atomic mass is 10.0. The number of rotatable bonds is 2. The van der Waals surface area contributed by atoms with Crippen LogP contribution in [0.1, 0.15) is 20.3 Å². The number of alkyl halides is 2. The molecule has 0 amide bonds. The molecule has 0 aromatic heterocycles. The summed E-state index contributed by atoms with van der Waals surface area (Å²) in [7, 11) is 0. The lowest BCUT2D eigenvalue weighted by molar-refractivity contribution is -0.0276. The Kier molecular flexibility index (Phi) is 2.47. The molecule has 1 saturated heterocycles. The van der Waals surface area contributed by atoms with Crippen molar-refractivity contribution in [3.05, 3.63) is 0 Å². The molecule has 0 N–H and O–H groups in total. The van der Waals surface area contributed by atoms with E-state index in [2.05, 4.69) is 0 Å². The third-order valence-corrected chi connectivity index (χ3v) is 2.45. The van der Waals surface area contributed by atoms with Crippen LogP contribution in [-0.4, -0.2) is 30.5 Å². The largest absolute Gasteiger partial charge is 0.297 e. The highest BCUT2D eigenvalue weighted by molar-refractivity contribution is 4.88. The van der Waals surface area contributed by atoms with Gasteiger partial charge in [-0.15, -0.1) is 0 Å². The fourth-order valence-corrected chi connectivity index (χ4v) is 1.61. The number of hydrogen-bond donors (Lipinski definition) is 0. The minimum absolute atomic E-state index is 0.0397. The van der Waals surface area contributed by atoms with Gasteiger partial charge in [-0.25, -0.2) is 8.78 Å². The van der Waals surface area contributed by atoms with Crippen LogP contribution in [0.4, 0.5) is 8.78 Å². The summed E-state index contributed by atoms with van der Waals surface area (Å²) < 4.78 is 26.0. The van der Waals surface area contributed by atoms with E-state index in [9.17, 15) is 8.78 Å². The first-order valence-electron chi connectivity index (χ1n) is 4.20. The summed E-state index contributed by atoms with van der Waals surface area (Å²) >= 11 is 0. The zero-order chi connectivity index (χ0) is 8.48. The van der Waals surface area contributed by atoms with E-state index in [-0.39, 0.29) is 6.54 Å². The van der Waals surface area contributed by atoms with Crippen LogP contribution in [0, 0.1) is 5.92 Å². The van der Waals surface area contributed by atoms with Gasteiger partial charge in [-0.2, -0.15) is 0 Å². The highest BCUT2D eigenvalue weighted by Gasteiger charge is 2.45. The van der Waals surface area contributed by atoms with Gasteiger partial charge < -0.3 is 0 Å². The third kappa shape index (κ3) is 1.70. The van der Waals surface area contributed by atoms with Crippen molar-refractivity contribution in [2.24, 2.45) is 5.92 Å². The van der Waals surface area contributed by atoms with Crippen LogP contribution >= 0.6 is 0 Å². The molecular formula is C8H15F2N. The molecule has 1 aliphatic rings. The van der Waals surface area contributed by atoms with E-state index in [1.54, 1.807) is 0 Å². The van der Waals surface area contributed by atoms with Crippen molar-refractivity contribution in [3.8, 4) is 0 Å². The SMILES string of the molecule is CCC1CN(CC)CC1(F)F. The van der Waals surface area contributed by atoms with Crippen molar-refractivity contribution in [2.45, 2.75) is 26.2 Å². The summed E-state index contributed by atoms with van der Waals surface area (Å²) in [6.07, 6.45) is 0.587. The molecule has 0 radical (unpaired) electrons. The molecule has 66 valence electrons. The molecule has 3 heteroatoms. The van der Waals surface area contributed by atoms with E-state index in [0.29, 0.717) is 13.0 Å². The Morgan fingerprint density at radius 1 is 1.45 bits per heavy atom. The molecule has 1 nitrogen and oxygen atoms in total. The van der Waals surface area contributed by atoms with Crippen molar-refractivity contribution in [1.29, 1.82) is 0 Å². The first kappa shape index (κ1) is 8.91. The molecule has 0 aromatic rings. The van der Waals surface area contributed by atoms with Crippen LogP contribution in [0.15, 0.2) is 0 Å². The lowest BCUT2D eigenvalue weighted by Gasteiger charge is -2.14. The van der Waals surface area contributed by atoms with Crippen molar-refractivity contribution >= 4 is 0 Å². The molecule has 1 atom stereocenters. The van der Waals surface area contributed by atoms with Gasteiger partial charge in [0.05, 0.1) is 6.54 Å². The minimum Gasteiger partial charge on any atom is -0.297 e. The van der Waals surface area contributed by atoms with E-state index < -0.39 is 11.8 Å². The Balaban J connectivity index is 2.55. The molecule has 1 rings (SSSR count). The fourth-order valence-electron chi connectivity index (χ4n) is 1.61. The predicted molar refractivity (Wildman–Crippen MR) is 40.8 cm³/mol. The number of nitrogens with zero attached hydrogens (tertiary/aromatic N) is 1. The molecule has 0 aliphatic carbocycles. The second kappa shape index (κ2) is 3.05. The van der Waals surface area contributed by atoms with Crippen molar-refractivity contribution < 1.29 is 8.78 Å². The third-order valence-electron chi connectivity index (χ3n) is 2.45. The lowest BCUT2D eigenvalue weighted by Crippen LogP contribution is -2.27. The van der Waals surface area contributed by atoms with Crippen LogP contribution in [0.2, 0.25) is 0 Å². The predicted octanol–water partition coefficient (Wildman–Crippen LogP) is 1.98. The maximum atomic E-state index is 13.0. The summed E-state index contributed by atoms with van der Waals surface area (Å²) in [5.41, 5.74) is 0. The van der Waals surface area contributed by atoms with E-state index >= 15 is 0 Å².